The van der Waals surface area contributed by atoms with Crippen LogP contribution in [0.25, 0.3) is 0 Å². The Balaban J connectivity index is 1.27. The van der Waals surface area contributed by atoms with Gasteiger partial charge in [0.15, 0.2) is 0 Å². The number of methoxy groups -OCH3 is 2. The van der Waals surface area contributed by atoms with E-state index in [1.54, 1.807) is 48.5 Å². The average Bonchev–Trinajstić information content (AvgIpc) is 3.52. The molecular weight excluding hydrogens is 678 g/mol. The Morgan fingerprint density at radius 3 is 2.27 bits per heavy atom. The number of ether oxygens (including phenoxy) is 4. The molecule has 0 saturated carbocycles. The number of benzene rings is 4. The van der Waals surface area contributed by atoms with Crippen LogP contribution in [0.2, 0.25) is 0 Å². The molecule has 1 aliphatic rings. The highest BCUT2D eigenvalue weighted by molar-refractivity contribution is 9.10. The van der Waals surface area contributed by atoms with Gasteiger partial charge in [0.1, 0.15) is 18.1 Å². The van der Waals surface area contributed by atoms with Crippen LogP contribution in [0.1, 0.15) is 34.3 Å². The van der Waals surface area contributed by atoms with E-state index in [2.05, 4.69) is 26.6 Å². The lowest BCUT2D eigenvalue weighted by Gasteiger charge is -2.30. The minimum atomic E-state index is -0.449. The van der Waals surface area contributed by atoms with E-state index in [4.69, 9.17) is 18.9 Å². The Morgan fingerprint density at radius 1 is 0.792 bits per heavy atom. The van der Waals surface area contributed by atoms with E-state index in [0.29, 0.717) is 41.7 Å². The zero-order valence-electron chi connectivity index (χ0n) is 26.8. The first-order valence-electron chi connectivity index (χ1n) is 15.6. The number of carbonyl (C=O) groups excluding carboxylic acids is 3. The molecule has 2 atom stereocenters. The molecule has 4 aromatic carbocycles. The van der Waals surface area contributed by atoms with Gasteiger partial charge in [0, 0.05) is 4.47 Å². The number of nitrogens with one attached hydrogen (secondary N) is 2. The molecule has 48 heavy (non-hydrogen) atoms. The second-order valence-electron chi connectivity index (χ2n) is 11.3. The average molecular weight is 717 g/mol. The van der Waals surface area contributed by atoms with Crippen molar-refractivity contribution in [1.29, 1.82) is 0 Å². The molecular formula is C37H38BrN3O7. The van der Waals surface area contributed by atoms with E-state index in [9.17, 15) is 14.4 Å². The highest BCUT2D eigenvalue weighted by atomic mass is 79.9. The monoisotopic (exact) mass is 715 g/mol. The number of nitrogens with zero attached hydrogens (tertiary/aromatic N) is 1. The van der Waals surface area contributed by atoms with Gasteiger partial charge in [-0.3, -0.25) is 4.79 Å². The lowest BCUT2D eigenvalue weighted by Crippen LogP contribution is -2.46. The van der Waals surface area contributed by atoms with Crippen molar-refractivity contribution in [2.75, 3.05) is 38.1 Å². The molecule has 1 saturated heterocycles. The number of likely N-dealkylation sites (tertiary alicyclic amines) is 1. The predicted octanol–water partition coefficient (Wildman–Crippen LogP) is 7.09. The molecule has 1 heterocycles. The van der Waals surface area contributed by atoms with Gasteiger partial charge in [-0.25, -0.2) is 9.59 Å². The second-order valence-corrected chi connectivity index (χ2v) is 12.1. The number of amides is 3. The van der Waals surface area contributed by atoms with Crippen LogP contribution in [-0.4, -0.2) is 62.3 Å². The second kappa shape index (κ2) is 16.8. The van der Waals surface area contributed by atoms with Crippen LogP contribution in [0.4, 0.5) is 16.2 Å². The van der Waals surface area contributed by atoms with Gasteiger partial charge in [0.2, 0.25) is 5.91 Å². The summed E-state index contributed by atoms with van der Waals surface area (Å²) in [4.78, 5) is 40.6. The third kappa shape index (κ3) is 9.14. The fourth-order valence-electron chi connectivity index (χ4n) is 5.66. The van der Waals surface area contributed by atoms with Gasteiger partial charge in [-0.2, -0.15) is 0 Å². The van der Waals surface area contributed by atoms with Crippen LogP contribution in [0, 0.1) is 0 Å². The number of urea groups is 1. The molecule has 2 N–H and O–H groups in total. The SMILES string of the molecule is COC(=O)c1cccc(OC[C@@H]2CC[C@H](COCc3ccccc3)N2C(=O)Cc2ccc(NC(=O)Nc3ccccc3Br)c(OC)c2)c1. The molecule has 5 rings (SSSR count). The molecule has 0 spiro atoms. The zero-order chi connectivity index (χ0) is 33.9. The molecule has 0 aromatic heterocycles. The molecule has 1 aliphatic heterocycles. The van der Waals surface area contributed by atoms with Crippen LogP contribution in [0.15, 0.2) is 102 Å². The van der Waals surface area contributed by atoms with Gasteiger partial charge in [-0.15, -0.1) is 0 Å². The lowest BCUT2D eigenvalue weighted by molar-refractivity contribution is -0.135. The normalized spacial score (nSPS) is 15.4. The molecule has 250 valence electrons. The van der Waals surface area contributed by atoms with Crippen molar-refractivity contribution in [2.45, 2.75) is 38.0 Å². The zero-order valence-corrected chi connectivity index (χ0v) is 28.4. The van der Waals surface area contributed by atoms with Crippen LogP contribution in [0.5, 0.6) is 11.5 Å². The van der Waals surface area contributed by atoms with Crippen molar-refractivity contribution in [3.63, 3.8) is 0 Å². The largest absolute Gasteiger partial charge is 0.495 e. The highest BCUT2D eigenvalue weighted by Gasteiger charge is 2.37. The van der Waals surface area contributed by atoms with E-state index in [1.165, 1.54) is 14.2 Å². The smallest absolute Gasteiger partial charge is 0.337 e. The summed E-state index contributed by atoms with van der Waals surface area (Å²) in [5.41, 5.74) is 3.27. The minimum absolute atomic E-state index is 0.0767. The number of carbonyl (C=O) groups is 3. The first-order chi connectivity index (χ1) is 23.3. The van der Waals surface area contributed by atoms with Crippen LogP contribution >= 0.6 is 15.9 Å². The molecule has 0 unspecified atom stereocenters. The maximum Gasteiger partial charge on any atom is 0.337 e. The topological polar surface area (TPSA) is 115 Å². The summed E-state index contributed by atoms with van der Waals surface area (Å²) in [6.07, 6.45) is 1.61. The van der Waals surface area contributed by atoms with Gasteiger partial charge in [0.25, 0.3) is 0 Å². The van der Waals surface area contributed by atoms with E-state index >= 15 is 0 Å². The number of para-hydroxylation sites is 1. The molecule has 0 bridgehead atoms. The van der Waals surface area contributed by atoms with Crippen molar-refractivity contribution in [1.82, 2.24) is 4.90 Å². The van der Waals surface area contributed by atoms with E-state index in [0.717, 1.165) is 28.4 Å². The Labute approximate surface area is 288 Å². The van der Waals surface area contributed by atoms with Crippen molar-refractivity contribution >= 4 is 45.2 Å². The molecule has 10 nitrogen and oxygen atoms in total. The van der Waals surface area contributed by atoms with E-state index < -0.39 is 12.0 Å². The summed E-state index contributed by atoms with van der Waals surface area (Å²) >= 11 is 3.43. The van der Waals surface area contributed by atoms with Gasteiger partial charge in [-0.05, 0) is 82.4 Å². The van der Waals surface area contributed by atoms with Gasteiger partial charge in [-0.1, -0.05) is 54.6 Å². The Morgan fingerprint density at radius 2 is 1.52 bits per heavy atom. The summed E-state index contributed by atoms with van der Waals surface area (Å²) < 4.78 is 23.4. The van der Waals surface area contributed by atoms with E-state index in [1.807, 2.05) is 53.4 Å². The number of rotatable bonds is 13. The summed E-state index contributed by atoms with van der Waals surface area (Å²) in [7, 11) is 2.85. The van der Waals surface area contributed by atoms with Crippen LogP contribution in [-0.2, 0) is 27.3 Å². The van der Waals surface area contributed by atoms with Crippen LogP contribution < -0.4 is 20.1 Å². The number of halogens is 1. The third-order valence-electron chi connectivity index (χ3n) is 8.02. The maximum atomic E-state index is 14.0. The molecule has 0 radical (unpaired) electrons. The predicted molar refractivity (Wildman–Crippen MR) is 187 cm³/mol. The fraction of sp³-hybridized carbons (Fsp3) is 0.270. The quantitative estimate of drug-likeness (QED) is 0.142. The van der Waals surface area contributed by atoms with E-state index in [-0.39, 0.29) is 31.0 Å². The van der Waals surface area contributed by atoms with Crippen molar-refractivity contribution in [3.05, 3.63) is 118 Å². The molecule has 11 heteroatoms. The van der Waals surface area contributed by atoms with Crippen molar-refractivity contribution in [2.24, 2.45) is 0 Å². The third-order valence-corrected chi connectivity index (χ3v) is 8.71. The van der Waals surface area contributed by atoms with Gasteiger partial charge < -0.3 is 34.5 Å². The maximum absolute atomic E-state index is 14.0. The van der Waals surface area contributed by atoms with Gasteiger partial charge in [0.05, 0.1) is 62.9 Å². The Bertz CT molecular complexity index is 1720. The first-order valence-corrected chi connectivity index (χ1v) is 16.4. The van der Waals surface area contributed by atoms with Crippen molar-refractivity contribution < 1.29 is 33.3 Å². The summed E-state index contributed by atoms with van der Waals surface area (Å²) in [5, 5.41) is 5.62. The minimum Gasteiger partial charge on any atom is -0.495 e. The summed E-state index contributed by atoms with van der Waals surface area (Å²) in [6.45, 7) is 1.08. The standard InChI is InChI=1S/C37H38BrN3O7/c1-45-34-19-26(15-18-33(34)40-37(44)39-32-14-7-6-13-31(32)38)20-35(42)41-28(23-47-22-25-9-4-3-5-10-25)16-17-29(41)24-48-30-12-8-11-27(21-30)36(43)46-2/h3-15,18-19,21,28-29H,16-17,20,22-24H2,1-2H3,(H2,39,40,44)/t28-,29+/m1/s1. The molecule has 4 aromatic rings. The number of esters is 1. The Hall–Kier alpha value is -4.87. The number of hydrogen-bond acceptors (Lipinski definition) is 7. The fourth-order valence-corrected chi connectivity index (χ4v) is 6.04. The lowest BCUT2D eigenvalue weighted by atomic mass is 10.1. The molecule has 0 aliphatic carbocycles. The van der Waals surface area contributed by atoms with Gasteiger partial charge >= 0.3 is 12.0 Å². The first kappa shape index (κ1) is 34.5. The van der Waals surface area contributed by atoms with Crippen LogP contribution in [0.3, 0.4) is 0 Å². The number of anilines is 2. The summed E-state index contributed by atoms with van der Waals surface area (Å²) in [5.74, 6) is 0.421. The summed E-state index contributed by atoms with van der Waals surface area (Å²) in [6, 6.07) is 28.5. The molecule has 1 fully saturated rings. The number of hydrogen-bond donors (Lipinski definition) is 2. The highest BCUT2D eigenvalue weighted by Crippen LogP contribution is 2.30. The molecule has 3 amide bonds. The van der Waals surface area contributed by atoms with Crippen molar-refractivity contribution in [3.8, 4) is 11.5 Å². The Kier molecular flexibility index (Phi) is 12.1.